The third-order valence-corrected chi connectivity index (χ3v) is 3.78. The van der Waals surface area contributed by atoms with Gasteiger partial charge in [-0.05, 0) is 38.8 Å². The van der Waals surface area contributed by atoms with Crippen molar-refractivity contribution in [3.05, 3.63) is 24.3 Å². The van der Waals surface area contributed by atoms with Crippen LogP contribution in [0.1, 0.15) is 41.5 Å². The number of nitrogens with zero attached hydrogens (tertiary/aromatic N) is 2. The van der Waals surface area contributed by atoms with Crippen LogP contribution in [0, 0.1) is 5.92 Å². The molecule has 1 atom stereocenters. The maximum Gasteiger partial charge on any atom is 0.250 e. The third kappa shape index (κ3) is 2.55. The van der Waals surface area contributed by atoms with Crippen LogP contribution in [-0.2, 0) is 9.59 Å². The number of hydrogen-bond acceptors (Lipinski definition) is 2. The number of rotatable bonds is 1. The molecule has 0 saturated heterocycles. The van der Waals surface area contributed by atoms with E-state index < -0.39 is 6.04 Å². The van der Waals surface area contributed by atoms with Gasteiger partial charge in [0, 0.05) is 12.5 Å². The lowest BCUT2D eigenvalue weighted by atomic mass is 9.92. The van der Waals surface area contributed by atoms with Crippen molar-refractivity contribution in [1.82, 2.24) is 0 Å². The summed E-state index contributed by atoms with van der Waals surface area (Å²) in [7, 11) is 0. The molecule has 0 aliphatic carbocycles. The van der Waals surface area contributed by atoms with Crippen LogP contribution in [0.3, 0.4) is 0 Å². The molecule has 1 aliphatic heterocycles. The van der Waals surface area contributed by atoms with Crippen molar-refractivity contribution >= 4 is 23.2 Å². The molecule has 114 valence electrons. The van der Waals surface area contributed by atoms with Crippen LogP contribution in [0.15, 0.2) is 24.3 Å². The van der Waals surface area contributed by atoms with Crippen molar-refractivity contribution in [2.24, 2.45) is 5.92 Å². The zero-order chi connectivity index (χ0) is 15.9. The lowest BCUT2D eigenvalue weighted by Crippen LogP contribution is -2.61. The highest BCUT2D eigenvalue weighted by molar-refractivity contribution is 6.13. The minimum Gasteiger partial charge on any atom is -0.303 e. The highest BCUT2D eigenvalue weighted by atomic mass is 16.2. The van der Waals surface area contributed by atoms with E-state index in [0.29, 0.717) is 0 Å². The van der Waals surface area contributed by atoms with E-state index in [9.17, 15) is 9.59 Å². The number of fused-ring (bicyclic) bond motifs is 1. The molecule has 1 aliphatic rings. The molecule has 1 heterocycles. The van der Waals surface area contributed by atoms with Crippen LogP contribution in [0.5, 0.6) is 0 Å². The fraction of sp³-hybridized carbons (Fsp3) is 0.529. The number of amides is 2. The van der Waals surface area contributed by atoms with Crippen LogP contribution < -0.4 is 9.80 Å². The molecule has 0 radical (unpaired) electrons. The summed E-state index contributed by atoms with van der Waals surface area (Å²) < 4.78 is 0. The molecule has 4 nitrogen and oxygen atoms in total. The summed E-state index contributed by atoms with van der Waals surface area (Å²) in [4.78, 5) is 28.6. The normalized spacial score (nSPS) is 19.0. The average molecular weight is 288 g/mol. The maximum absolute atomic E-state index is 13.0. The molecule has 0 fully saturated rings. The van der Waals surface area contributed by atoms with Gasteiger partial charge < -0.3 is 4.90 Å². The highest BCUT2D eigenvalue weighted by Gasteiger charge is 2.44. The Labute approximate surface area is 126 Å². The van der Waals surface area contributed by atoms with E-state index in [-0.39, 0.29) is 23.3 Å². The first-order valence-electron chi connectivity index (χ1n) is 7.39. The van der Waals surface area contributed by atoms with Crippen molar-refractivity contribution in [2.45, 2.75) is 53.1 Å². The van der Waals surface area contributed by atoms with Crippen LogP contribution in [-0.4, -0.2) is 23.4 Å². The lowest BCUT2D eigenvalue weighted by Gasteiger charge is -2.47. The second-order valence-electron chi connectivity index (χ2n) is 6.91. The minimum absolute atomic E-state index is 0.00796. The summed E-state index contributed by atoms with van der Waals surface area (Å²) in [5, 5.41) is 0. The van der Waals surface area contributed by atoms with Gasteiger partial charge in [0.05, 0.1) is 11.4 Å². The van der Waals surface area contributed by atoms with Crippen molar-refractivity contribution in [1.29, 1.82) is 0 Å². The summed E-state index contributed by atoms with van der Waals surface area (Å²) in [5.74, 6) is -0.0472. The molecule has 4 heteroatoms. The predicted molar refractivity (Wildman–Crippen MR) is 85.5 cm³/mol. The summed E-state index contributed by atoms with van der Waals surface area (Å²) in [6.45, 7) is 11.5. The second-order valence-corrected chi connectivity index (χ2v) is 6.91. The van der Waals surface area contributed by atoms with Gasteiger partial charge in [-0.1, -0.05) is 26.0 Å². The van der Waals surface area contributed by atoms with E-state index in [1.807, 2.05) is 63.8 Å². The van der Waals surface area contributed by atoms with Crippen LogP contribution in [0.2, 0.25) is 0 Å². The van der Waals surface area contributed by atoms with Gasteiger partial charge in [0.25, 0.3) is 5.91 Å². The predicted octanol–water partition coefficient (Wildman–Crippen LogP) is 3.21. The highest BCUT2D eigenvalue weighted by Crippen LogP contribution is 2.41. The summed E-state index contributed by atoms with van der Waals surface area (Å²) >= 11 is 0. The standard InChI is InChI=1S/C17H24N2O2/c1-11(2)15-16(21)19(17(4,5)6)14-10-8-7-9-13(14)18(15)12(3)20/h7-11,15H,1-6H3. The number of benzene rings is 1. The van der Waals surface area contributed by atoms with E-state index in [1.54, 1.807) is 4.90 Å². The molecular formula is C17H24N2O2. The van der Waals surface area contributed by atoms with Gasteiger partial charge in [0.1, 0.15) is 6.04 Å². The Balaban J connectivity index is 2.71. The van der Waals surface area contributed by atoms with Gasteiger partial charge in [-0.25, -0.2) is 0 Å². The molecule has 2 rings (SSSR count). The number of anilines is 2. The number of hydrogen-bond donors (Lipinski definition) is 0. The third-order valence-electron chi connectivity index (χ3n) is 3.78. The zero-order valence-electron chi connectivity index (χ0n) is 13.7. The molecular weight excluding hydrogens is 264 g/mol. The Bertz CT molecular complexity index is 572. The van der Waals surface area contributed by atoms with Crippen LogP contribution in [0.4, 0.5) is 11.4 Å². The summed E-state index contributed by atoms with van der Waals surface area (Å²) in [6.07, 6.45) is 0. The van der Waals surface area contributed by atoms with Crippen molar-refractivity contribution < 1.29 is 9.59 Å². The SMILES string of the molecule is CC(=O)N1c2ccccc2N(C(C)(C)C)C(=O)C1C(C)C. The van der Waals surface area contributed by atoms with E-state index in [0.717, 1.165) is 11.4 Å². The fourth-order valence-corrected chi connectivity index (χ4v) is 3.01. The first-order valence-corrected chi connectivity index (χ1v) is 7.39. The Morgan fingerprint density at radius 2 is 1.67 bits per heavy atom. The van der Waals surface area contributed by atoms with Crippen LogP contribution >= 0.6 is 0 Å². The number of para-hydroxylation sites is 2. The summed E-state index contributed by atoms with van der Waals surface area (Å²) in [5.41, 5.74) is 1.30. The molecule has 0 bridgehead atoms. The van der Waals surface area contributed by atoms with E-state index >= 15 is 0 Å². The molecule has 1 aromatic rings. The minimum atomic E-state index is -0.448. The zero-order valence-corrected chi connectivity index (χ0v) is 13.7. The molecule has 0 aromatic heterocycles. The Morgan fingerprint density at radius 1 is 1.14 bits per heavy atom. The molecule has 2 amide bonds. The van der Waals surface area contributed by atoms with Gasteiger partial charge in [0.15, 0.2) is 0 Å². The van der Waals surface area contributed by atoms with E-state index in [2.05, 4.69) is 0 Å². The van der Waals surface area contributed by atoms with E-state index in [4.69, 9.17) is 0 Å². The van der Waals surface area contributed by atoms with Crippen molar-refractivity contribution in [2.75, 3.05) is 9.80 Å². The van der Waals surface area contributed by atoms with Gasteiger partial charge in [-0.15, -0.1) is 0 Å². The topological polar surface area (TPSA) is 40.6 Å². The van der Waals surface area contributed by atoms with Gasteiger partial charge >= 0.3 is 0 Å². The molecule has 0 spiro atoms. The number of carbonyl (C=O) groups is 2. The molecule has 0 N–H and O–H groups in total. The monoisotopic (exact) mass is 288 g/mol. The first kappa shape index (κ1) is 15.5. The maximum atomic E-state index is 13.0. The van der Waals surface area contributed by atoms with E-state index in [1.165, 1.54) is 6.92 Å². The molecule has 1 aromatic carbocycles. The molecule has 1 unspecified atom stereocenters. The quantitative estimate of drug-likeness (QED) is 0.796. The Morgan fingerprint density at radius 3 is 2.10 bits per heavy atom. The van der Waals surface area contributed by atoms with Crippen LogP contribution in [0.25, 0.3) is 0 Å². The Kier molecular flexibility index (Phi) is 3.83. The molecule has 0 saturated carbocycles. The fourth-order valence-electron chi connectivity index (χ4n) is 3.01. The first-order chi connectivity index (χ1) is 9.66. The van der Waals surface area contributed by atoms with Gasteiger partial charge in [-0.3, -0.25) is 14.5 Å². The summed E-state index contributed by atoms with van der Waals surface area (Å²) in [6, 6.07) is 7.18. The smallest absolute Gasteiger partial charge is 0.250 e. The second kappa shape index (κ2) is 5.17. The van der Waals surface area contributed by atoms with Gasteiger partial charge in [0.2, 0.25) is 5.91 Å². The van der Waals surface area contributed by atoms with Crippen molar-refractivity contribution in [3.8, 4) is 0 Å². The lowest BCUT2D eigenvalue weighted by molar-refractivity contribution is -0.126. The van der Waals surface area contributed by atoms with Gasteiger partial charge in [-0.2, -0.15) is 0 Å². The average Bonchev–Trinajstić information content (AvgIpc) is 2.34. The Hall–Kier alpha value is -1.84. The van der Waals surface area contributed by atoms with Crippen molar-refractivity contribution in [3.63, 3.8) is 0 Å². The largest absolute Gasteiger partial charge is 0.303 e. The number of carbonyl (C=O) groups excluding carboxylic acids is 2. The molecule has 21 heavy (non-hydrogen) atoms.